The van der Waals surface area contributed by atoms with Crippen LogP contribution in [-0.2, 0) is 49.2 Å². The van der Waals surface area contributed by atoms with Gasteiger partial charge < -0.3 is 20.1 Å². The van der Waals surface area contributed by atoms with Crippen molar-refractivity contribution in [2.24, 2.45) is 7.05 Å². The number of amides is 2. The topological polar surface area (TPSA) is 114 Å². The molecule has 0 bridgehead atoms. The van der Waals surface area contributed by atoms with E-state index in [1.54, 1.807) is 11.7 Å². The standard InChI is InChI=1S/C32H34N4O3.CH2O2/c1-22-12-13-25(16-23(22)2)18-30(37)36-15-14-29-28(20-36)31(35(3)34-29)32(38)33-19-26-10-7-11-27(17-26)39-21-24-8-5-4-6-9-24;2-1-3/h4-13,16-17H,14-15,18-21H2,1-3H3,(H,33,38);1H,(H,2,3). The smallest absolute Gasteiger partial charge is 0.290 e. The molecule has 3 aromatic carbocycles. The molecule has 42 heavy (non-hydrogen) atoms. The van der Waals surface area contributed by atoms with Gasteiger partial charge in [0.05, 0.1) is 12.1 Å². The fourth-order valence-electron chi connectivity index (χ4n) is 4.95. The lowest BCUT2D eigenvalue weighted by atomic mass is 10.0. The summed E-state index contributed by atoms with van der Waals surface area (Å²) in [5, 5.41) is 14.5. The Labute approximate surface area is 245 Å². The summed E-state index contributed by atoms with van der Waals surface area (Å²) in [6, 6.07) is 23.9. The van der Waals surface area contributed by atoms with E-state index >= 15 is 0 Å². The third-order valence-corrected chi connectivity index (χ3v) is 7.29. The Morgan fingerprint density at radius 2 is 1.71 bits per heavy atom. The molecule has 0 aliphatic carbocycles. The number of ether oxygens (including phenoxy) is 1. The van der Waals surface area contributed by atoms with Crippen LogP contribution in [0.1, 0.15) is 49.6 Å². The van der Waals surface area contributed by atoms with E-state index in [-0.39, 0.29) is 18.3 Å². The molecule has 1 aliphatic rings. The van der Waals surface area contributed by atoms with Gasteiger partial charge in [-0.05, 0) is 53.8 Å². The molecule has 9 heteroatoms. The van der Waals surface area contributed by atoms with Crippen molar-refractivity contribution in [3.8, 4) is 5.75 Å². The van der Waals surface area contributed by atoms with Gasteiger partial charge in [-0.15, -0.1) is 0 Å². The van der Waals surface area contributed by atoms with Gasteiger partial charge in [0.15, 0.2) is 0 Å². The zero-order valence-electron chi connectivity index (χ0n) is 24.2. The minimum absolute atomic E-state index is 0.0615. The lowest BCUT2D eigenvalue weighted by Crippen LogP contribution is -2.37. The second-order valence-corrected chi connectivity index (χ2v) is 10.3. The molecule has 218 valence electrons. The molecule has 0 radical (unpaired) electrons. The van der Waals surface area contributed by atoms with Crippen LogP contribution in [0, 0.1) is 13.8 Å². The van der Waals surface area contributed by atoms with Crippen LogP contribution in [0.5, 0.6) is 5.75 Å². The molecule has 2 amide bonds. The monoisotopic (exact) mass is 568 g/mol. The number of nitrogens with one attached hydrogen (secondary N) is 1. The summed E-state index contributed by atoms with van der Waals surface area (Å²) < 4.78 is 7.57. The Morgan fingerprint density at radius 1 is 0.976 bits per heavy atom. The maximum Gasteiger partial charge on any atom is 0.290 e. The van der Waals surface area contributed by atoms with Crippen LogP contribution in [-0.4, -0.2) is 44.6 Å². The van der Waals surface area contributed by atoms with Crippen molar-refractivity contribution in [2.75, 3.05) is 6.54 Å². The average molecular weight is 569 g/mol. The highest BCUT2D eigenvalue weighted by molar-refractivity contribution is 5.94. The minimum Gasteiger partial charge on any atom is -0.489 e. The van der Waals surface area contributed by atoms with Gasteiger partial charge in [-0.25, -0.2) is 0 Å². The van der Waals surface area contributed by atoms with Crippen LogP contribution in [0.25, 0.3) is 0 Å². The molecular formula is C33H36N4O5. The second kappa shape index (κ2) is 14.1. The fourth-order valence-corrected chi connectivity index (χ4v) is 4.95. The molecule has 0 saturated heterocycles. The third-order valence-electron chi connectivity index (χ3n) is 7.29. The molecule has 0 fully saturated rings. The Kier molecular flexibility index (Phi) is 10.1. The lowest BCUT2D eigenvalue weighted by Gasteiger charge is -2.27. The normalized spacial score (nSPS) is 12.0. The summed E-state index contributed by atoms with van der Waals surface area (Å²) in [7, 11) is 1.78. The summed E-state index contributed by atoms with van der Waals surface area (Å²) in [5.74, 6) is 0.609. The van der Waals surface area contributed by atoms with Crippen molar-refractivity contribution in [1.29, 1.82) is 0 Å². The number of hydrogen-bond acceptors (Lipinski definition) is 5. The van der Waals surface area contributed by atoms with Crippen LogP contribution in [0.15, 0.2) is 72.8 Å². The summed E-state index contributed by atoms with van der Waals surface area (Å²) in [4.78, 5) is 36.6. The van der Waals surface area contributed by atoms with Crippen molar-refractivity contribution >= 4 is 18.3 Å². The highest BCUT2D eigenvalue weighted by Gasteiger charge is 2.29. The molecule has 0 unspecified atom stereocenters. The number of benzene rings is 3. The maximum absolute atomic E-state index is 13.3. The maximum atomic E-state index is 13.3. The molecule has 0 saturated carbocycles. The molecule has 9 nitrogen and oxygen atoms in total. The highest BCUT2D eigenvalue weighted by Crippen LogP contribution is 2.23. The highest BCUT2D eigenvalue weighted by atomic mass is 16.5. The number of hydrogen-bond donors (Lipinski definition) is 2. The molecule has 0 atom stereocenters. The lowest BCUT2D eigenvalue weighted by molar-refractivity contribution is -0.131. The van der Waals surface area contributed by atoms with Gasteiger partial charge in [-0.2, -0.15) is 5.10 Å². The number of fused-ring (bicyclic) bond motifs is 1. The quantitative estimate of drug-likeness (QED) is 0.305. The van der Waals surface area contributed by atoms with E-state index in [0.29, 0.717) is 44.8 Å². The zero-order valence-corrected chi connectivity index (χ0v) is 24.2. The van der Waals surface area contributed by atoms with Gasteiger partial charge in [0, 0.05) is 38.7 Å². The second-order valence-electron chi connectivity index (χ2n) is 10.3. The number of aromatic nitrogens is 2. The Bertz CT molecular complexity index is 1550. The van der Waals surface area contributed by atoms with E-state index in [4.69, 9.17) is 14.6 Å². The number of carbonyl (C=O) groups is 3. The number of nitrogens with zero attached hydrogens (tertiary/aromatic N) is 3. The van der Waals surface area contributed by atoms with Crippen molar-refractivity contribution in [3.63, 3.8) is 0 Å². The fraction of sp³-hybridized carbons (Fsp3) is 0.273. The molecule has 5 rings (SSSR count). The predicted octanol–water partition coefficient (Wildman–Crippen LogP) is 4.37. The van der Waals surface area contributed by atoms with Gasteiger partial charge in [-0.3, -0.25) is 19.1 Å². The Hall–Kier alpha value is -4.92. The Balaban J connectivity index is 0.00000129. The minimum atomic E-state index is -0.250. The molecule has 1 aliphatic heterocycles. The third kappa shape index (κ3) is 7.63. The summed E-state index contributed by atoms with van der Waals surface area (Å²) >= 11 is 0. The number of carbonyl (C=O) groups excluding carboxylic acids is 2. The predicted molar refractivity (Wildman–Crippen MR) is 159 cm³/mol. The molecule has 2 N–H and O–H groups in total. The molecule has 1 aromatic heterocycles. The van der Waals surface area contributed by atoms with Gasteiger partial charge in [-0.1, -0.05) is 60.7 Å². The van der Waals surface area contributed by atoms with E-state index in [1.807, 2.05) is 65.6 Å². The van der Waals surface area contributed by atoms with Crippen molar-refractivity contribution in [1.82, 2.24) is 20.0 Å². The van der Waals surface area contributed by atoms with Crippen molar-refractivity contribution in [2.45, 2.75) is 46.4 Å². The van der Waals surface area contributed by atoms with Gasteiger partial charge in [0.2, 0.25) is 5.91 Å². The SMILES string of the molecule is Cc1ccc(CC(=O)N2CCc3nn(C)c(C(=O)NCc4cccc(OCc5ccccc5)c4)c3C2)cc1C.O=CO. The Morgan fingerprint density at radius 3 is 2.45 bits per heavy atom. The van der Waals surface area contributed by atoms with Crippen LogP contribution in [0.4, 0.5) is 0 Å². The van der Waals surface area contributed by atoms with Gasteiger partial charge >= 0.3 is 0 Å². The van der Waals surface area contributed by atoms with E-state index in [0.717, 1.165) is 33.7 Å². The van der Waals surface area contributed by atoms with E-state index in [9.17, 15) is 9.59 Å². The van der Waals surface area contributed by atoms with Crippen molar-refractivity contribution < 1.29 is 24.2 Å². The first-order valence-electron chi connectivity index (χ1n) is 13.8. The summed E-state index contributed by atoms with van der Waals surface area (Å²) in [6.07, 6.45) is 0.983. The van der Waals surface area contributed by atoms with E-state index < -0.39 is 0 Å². The largest absolute Gasteiger partial charge is 0.489 e. The van der Waals surface area contributed by atoms with Gasteiger partial charge in [0.25, 0.3) is 12.4 Å². The van der Waals surface area contributed by atoms with E-state index in [2.05, 4.69) is 36.4 Å². The zero-order chi connectivity index (χ0) is 30.1. The number of rotatable bonds is 8. The first-order chi connectivity index (χ1) is 20.3. The first kappa shape index (κ1) is 30.0. The van der Waals surface area contributed by atoms with Crippen LogP contribution in [0.3, 0.4) is 0 Å². The summed E-state index contributed by atoms with van der Waals surface area (Å²) in [6.45, 7) is 5.71. The van der Waals surface area contributed by atoms with Crippen LogP contribution in [0.2, 0.25) is 0 Å². The van der Waals surface area contributed by atoms with Crippen LogP contribution < -0.4 is 10.1 Å². The van der Waals surface area contributed by atoms with Gasteiger partial charge in [0.1, 0.15) is 18.1 Å². The van der Waals surface area contributed by atoms with Crippen LogP contribution >= 0.6 is 0 Å². The van der Waals surface area contributed by atoms with E-state index in [1.165, 1.54) is 11.1 Å². The number of carboxylic acid groups (broad SMARTS) is 1. The summed E-state index contributed by atoms with van der Waals surface area (Å²) in [5.41, 5.74) is 7.66. The molecule has 2 heterocycles. The molecule has 0 spiro atoms. The first-order valence-corrected chi connectivity index (χ1v) is 13.8. The molecule has 4 aromatic rings. The number of aryl methyl sites for hydroxylation is 3. The molecular weight excluding hydrogens is 532 g/mol. The van der Waals surface area contributed by atoms with Crippen molar-refractivity contribution in [3.05, 3.63) is 118 Å². The average Bonchev–Trinajstić information content (AvgIpc) is 3.33.